The lowest BCUT2D eigenvalue weighted by Crippen LogP contribution is -2.53. The maximum atomic E-state index is 13.8. The first-order valence-electron chi connectivity index (χ1n) is 9.30. The number of carbonyl (C=O) groups is 1. The van der Waals surface area contributed by atoms with Crippen molar-refractivity contribution in [3.05, 3.63) is 29.8 Å². The van der Waals surface area contributed by atoms with E-state index >= 15 is 0 Å². The average Bonchev–Trinajstić information content (AvgIpc) is 2.57. The Morgan fingerprint density at radius 2 is 1.77 bits per heavy atom. The Kier molecular flexibility index (Phi) is 8.97. The number of halogens is 2. The highest BCUT2D eigenvalue weighted by atomic mass is 32.2. The summed E-state index contributed by atoms with van der Waals surface area (Å²) in [6.45, 7) is 8.65. The minimum Gasteiger partial charge on any atom is -0.444 e. The summed E-state index contributed by atoms with van der Waals surface area (Å²) < 4.78 is 59.5. The lowest BCUT2D eigenvalue weighted by atomic mass is 10.2. The minimum atomic E-state index is -4.50. The van der Waals surface area contributed by atoms with Crippen LogP contribution in [0.4, 0.5) is 13.6 Å². The molecule has 0 fully saturated rings. The third-order valence-electron chi connectivity index (χ3n) is 3.56. The van der Waals surface area contributed by atoms with Crippen molar-refractivity contribution in [1.82, 2.24) is 20.7 Å². The van der Waals surface area contributed by atoms with E-state index in [1.807, 2.05) is 0 Å². The van der Waals surface area contributed by atoms with Gasteiger partial charge >= 0.3 is 6.09 Å². The Morgan fingerprint density at radius 3 is 2.27 bits per heavy atom. The summed E-state index contributed by atoms with van der Waals surface area (Å²) in [6.07, 6.45) is -1.42. The highest BCUT2D eigenvalue weighted by Crippen LogP contribution is 2.18. The van der Waals surface area contributed by atoms with Crippen molar-refractivity contribution in [1.29, 1.82) is 5.41 Å². The quantitative estimate of drug-likeness (QED) is 0.234. The van der Waals surface area contributed by atoms with Gasteiger partial charge in [0.15, 0.2) is 10.9 Å². The van der Waals surface area contributed by atoms with Crippen LogP contribution in [-0.2, 0) is 14.8 Å². The van der Waals surface area contributed by atoms with Crippen molar-refractivity contribution in [2.45, 2.75) is 63.7 Å². The first kappa shape index (κ1) is 25.6. The molecule has 0 spiro atoms. The molecule has 12 heteroatoms. The van der Waals surface area contributed by atoms with Crippen LogP contribution in [0.25, 0.3) is 0 Å². The van der Waals surface area contributed by atoms with Crippen molar-refractivity contribution >= 4 is 22.1 Å². The predicted octanol–water partition coefficient (Wildman–Crippen LogP) is 2.01. The third kappa shape index (κ3) is 8.49. The van der Waals surface area contributed by atoms with Gasteiger partial charge in [0.25, 0.3) is 0 Å². The first-order chi connectivity index (χ1) is 13.7. The molecule has 0 aliphatic carbocycles. The van der Waals surface area contributed by atoms with E-state index in [0.29, 0.717) is 0 Å². The van der Waals surface area contributed by atoms with Crippen molar-refractivity contribution in [2.24, 2.45) is 0 Å². The predicted molar refractivity (Wildman–Crippen MR) is 108 cm³/mol. The summed E-state index contributed by atoms with van der Waals surface area (Å²) in [4.78, 5) is 10.6. The van der Waals surface area contributed by atoms with Crippen LogP contribution in [0.5, 0.6) is 0 Å². The number of carbonyl (C=O) groups excluding carboxylic acids is 1. The maximum Gasteiger partial charge on any atom is 0.407 e. The van der Waals surface area contributed by atoms with Gasteiger partial charge in [-0.05, 0) is 46.2 Å². The van der Waals surface area contributed by atoms with Crippen LogP contribution >= 0.6 is 0 Å². The Bertz CT molecular complexity index is 838. The molecule has 30 heavy (non-hydrogen) atoms. The van der Waals surface area contributed by atoms with Gasteiger partial charge in [-0.3, -0.25) is 5.41 Å². The second-order valence-electron chi connectivity index (χ2n) is 7.58. The molecule has 0 saturated carbocycles. The summed E-state index contributed by atoms with van der Waals surface area (Å²) in [5, 5.41) is 15.7. The van der Waals surface area contributed by atoms with Crippen molar-refractivity contribution < 1.29 is 26.7 Å². The molecule has 2 atom stereocenters. The molecule has 0 bridgehead atoms. The van der Waals surface area contributed by atoms with E-state index in [2.05, 4.69) is 20.7 Å². The fraction of sp³-hybridized carbons (Fsp3) is 0.556. The van der Waals surface area contributed by atoms with Gasteiger partial charge in [-0.15, -0.1) is 0 Å². The van der Waals surface area contributed by atoms with Crippen LogP contribution in [0.2, 0.25) is 0 Å². The van der Waals surface area contributed by atoms with Gasteiger partial charge < -0.3 is 20.7 Å². The van der Waals surface area contributed by atoms with E-state index in [1.54, 1.807) is 34.6 Å². The monoisotopic (exact) mass is 449 g/mol. The van der Waals surface area contributed by atoms with Crippen LogP contribution in [0.1, 0.15) is 41.0 Å². The minimum absolute atomic E-state index is 0.149. The highest BCUT2D eigenvalue weighted by molar-refractivity contribution is 7.89. The van der Waals surface area contributed by atoms with Crippen molar-refractivity contribution in [2.75, 3.05) is 6.54 Å². The molecule has 1 rings (SSSR count). The number of guanidine groups is 1. The molecule has 0 aromatic heterocycles. The van der Waals surface area contributed by atoms with E-state index in [1.165, 1.54) is 0 Å². The first-order valence-corrected chi connectivity index (χ1v) is 10.8. The topological polar surface area (TPSA) is 132 Å². The maximum absolute atomic E-state index is 13.8. The van der Waals surface area contributed by atoms with Crippen LogP contribution in [-0.4, -0.2) is 44.8 Å². The van der Waals surface area contributed by atoms with Gasteiger partial charge in [0.2, 0.25) is 10.0 Å². The lowest BCUT2D eigenvalue weighted by molar-refractivity contribution is 0.0509. The molecular formula is C18H29F2N5O4S. The van der Waals surface area contributed by atoms with E-state index in [9.17, 15) is 22.0 Å². The van der Waals surface area contributed by atoms with Crippen LogP contribution in [0.3, 0.4) is 0 Å². The van der Waals surface area contributed by atoms with E-state index in [0.717, 1.165) is 18.2 Å². The molecule has 5 N–H and O–H groups in total. The van der Waals surface area contributed by atoms with E-state index in [-0.39, 0.29) is 18.9 Å². The SMILES string of the molecule is CCC(NC(=N)NC[C@H](C)NC(=O)OC(C)(C)C)NS(=O)(=O)c1c(F)cccc1F. The van der Waals surface area contributed by atoms with Gasteiger partial charge in [0.05, 0.1) is 6.17 Å². The van der Waals surface area contributed by atoms with Crippen LogP contribution in [0.15, 0.2) is 23.1 Å². The van der Waals surface area contributed by atoms with Crippen LogP contribution in [0, 0.1) is 17.0 Å². The molecule has 1 aromatic rings. The zero-order valence-corrected chi connectivity index (χ0v) is 18.4. The van der Waals surface area contributed by atoms with Crippen LogP contribution < -0.4 is 20.7 Å². The second-order valence-corrected chi connectivity index (χ2v) is 9.23. The number of ether oxygens (including phenoxy) is 1. The molecule has 170 valence electrons. The Balaban J connectivity index is 2.62. The fourth-order valence-corrected chi connectivity index (χ4v) is 3.61. The van der Waals surface area contributed by atoms with E-state index in [4.69, 9.17) is 10.1 Å². The van der Waals surface area contributed by atoms with Gasteiger partial charge in [0, 0.05) is 12.6 Å². The summed E-state index contributed by atoms with van der Waals surface area (Å²) >= 11 is 0. The number of amides is 1. The normalized spacial score (nSPS) is 13.8. The number of benzene rings is 1. The Labute approximate surface area is 175 Å². The number of alkyl carbamates (subject to hydrolysis) is 1. The summed E-state index contributed by atoms with van der Waals surface area (Å²) in [5.41, 5.74) is -0.644. The summed E-state index contributed by atoms with van der Waals surface area (Å²) in [7, 11) is -4.50. The molecule has 1 amide bonds. The van der Waals surface area contributed by atoms with Gasteiger partial charge in [-0.25, -0.2) is 22.0 Å². The number of hydrogen-bond acceptors (Lipinski definition) is 5. The molecule has 0 heterocycles. The zero-order chi connectivity index (χ0) is 23.1. The Morgan fingerprint density at radius 1 is 1.20 bits per heavy atom. The van der Waals surface area contributed by atoms with Crippen molar-refractivity contribution in [3.63, 3.8) is 0 Å². The number of sulfonamides is 1. The average molecular weight is 450 g/mol. The zero-order valence-electron chi connectivity index (χ0n) is 17.6. The number of hydrogen-bond donors (Lipinski definition) is 5. The third-order valence-corrected chi connectivity index (χ3v) is 5.08. The Hall–Kier alpha value is -2.47. The highest BCUT2D eigenvalue weighted by Gasteiger charge is 2.26. The molecule has 0 saturated heterocycles. The molecular weight excluding hydrogens is 420 g/mol. The molecule has 9 nitrogen and oxygen atoms in total. The van der Waals surface area contributed by atoms with Gasteiger partial charge in [-0.2, -0.15) is 4.72 Å². The lowest BCUT2D eigenvalue weighted by Gasteiger charge is -2.24. The molecule has 1 unspecified atom stereocenters. The second kappa shape index (κ2) is 10.5. The summed E-state index contributed by atoms with van der Waals surface area (Å²) in [6, 6.07) is 2.35. The molecule has 0 radical (unpaired) electrons. The number of nitrogens with one attached hydrogen (secondary N) is 5. The fourth-order valence-electron chi connectivity index (χ4n) is 2.24. The molecule has 0 aliphatic rings. The van der Waals surface area contributed by atoms with Crippen molar-refractivity contribution in [3.8, 4) is 0 Å². The molecule has 0 aliphatic heterocycles. The molecule has 1 aromatic carbocycles. The standard InChI is InChI=1S/C18H29F2N5O4S/c1-6-14(25-30(27,28)15-12(19)8-7-9-13(15)20)24-16(21)22-10-11(2)23-17(26)29-18(3,4)5/h7-9,11,14,25H,6,10H2,1-5H3,(H,23,26)(H3,21,22,24)/t11-,14?/m0/s1. The van der Waals surface area contributed by atoms with Gasteiger partial charge in [0.1, 0.15) is 17.2 Å². The van der Waals surface area contributed by atoms with Gasteiger partial charge in [-0.1, -0.05) is 13.0 Å². The summed E-state index contributed by atoms with van der Waals surface area (Å²) in [5.74, 6) is -2.67. The van der Waals surface area contributed by atoms with E-state index < -0.39 is 50.5 Å². The smallest absolute Gasteiger partial charge is 0.407 e. The number of rotatable bonds is 8. The largest absolute Gasteiger partial charge is 0.444 e.